The van der Waals surface area contributed by atoms with E-state index in [1.807, 2.05) is 13.8 Å². The number of hydrogen-bond donors (Lipinski definition) is 2. The van der Waals surface area contributed by atoms with Crippen LogP contribution in [0, 0.1) is 0 Å². The second-order valence-corrected chi connectivity index (χ2v) is 7.45. The zero-order valence-electron chi connectivity index (χ0n) is 14.2. The van der Waals surface area contributed by atoms with Crippen molar-refractivity contribution in [1.29, 1.82) is 0 Å². The van der Waals surface area contributed by atoms with Gasteiger partial charge in [0.25, 0.3) is 0 Å². The Balaban J connectivity index is 0.00000242. The number of nitrogens with zero attached hydrogens (tertiary/aromatic N) is 1. The lowest BCUT2D eigenvalue weighted by atomic mass is 9.93. The van der Waals surface area contributed by atoms with Crippen LogP contribution in [0.2, 0.25) is 0 Å². The first-order chi connectivity index (χ1) is 9.79. The van der Waals surface area contributed by atoms with Crippen LogP contribution in [0.5, 0.6) is 0 Å². The van der Waals surface area contributed by atoms with Gasteiger partial charge in [0, 0.05) is 17.3 Å². The first kappa shape index (κ1) is 22.6. The molecule has 134 valence electrons. The molecule has 0 saturated carbocycles. The molecule has 1 unspecified atom stereocenters. The van der Waals surface area contributed by atoms with E-state index in [4.69, 9.17) is 4.74 Å². The second kappa shape index (κ2) is 9.18. The molecule has 1 aromatic heterocycles. The highest BCUT2D eigenvalue weighted by Gasteiger charge is 2.29. The van der Waals surface area contributed by atoms with Crippen molar-refractivity contribution >= 4 is 42.1 Å². The molecule has 1 aliphatic heterocycles. The van der Waals surface area contributed by atoms with Crippen molar-refractivity contribution in [2.75, 3.05) is 13.2 Å². The van der Waals surface area contributed by atoms with Gasteiger partial charge in [0.2, 0.25) is 5.91 Å². The summed E-state index contributed by atoms with van der Waals surface area (Å²) in [5, 5.41) is 9.24. The highest BCUT2D eigenvalue weighted by Crippen LogP contribution is 2.26. The van der Waals surface area contributed by atoms with Gasteiger partial charge in [0.05, 0.1) is 24.4 Å². The SMILES string of the molecule is CC(NC(=O)[C@H]1NCCO[C@@H]1C)c1nc(C(C)(C)C)cs1.Cl.Cl. The lowest BCUT2D eigenvalue weighted by Gasteiger charge is -2.30. The van der Waals surface area contributed by atoms with Crippen molar-refractivity contribution in [3.8, 4) is 0 Å². The number of ether oxygens (including phenoxy) is 1. The van der Waals surface area contributed by atoms with Crippen molar-refractivity contribution < 1.29 is 9.53 Å². The smallest absolute Gasteiger partial charge is 0.240 e. The molecule has 0 radical (unpaired) electrons. The topological polar surface area (TPSA) is 63.2 Å². The van der Waals surface area contributed by atoms with E-state index in [0.29, 0.717) is 13.2 Å². The van der Waals surface area contributed by atoms with Crippen LogP contribution >= 0.6 is 36.2 Å². The second-order valence-electron chi connectivity index (χ2n) is 6.56. The molecule has 1 aliphatic rings. The Hall–Kier alpha value is -0.400. The Morgan fingerprint density at radius 3 is 2.65 bits per heavy atom. The predicted octanol–water partition coefficient (Wildman–Crippen LogP) is 2.84. The molecule has 3 atom stereocenters. The van der Waals surface area contributed by atoms with Gasteiger partial charge in [-0.3, -0.25) is 4.79 Å². The van der Waals surface area contributed by atoms with Crippen LogP contribution in [0.25, 0.3) is 0 Å². The number of hydrogen-bond acceptors (Lipinski definition) is 5. The van der Waals surface area contributed by atoms with Crippen molar-refractivity contribution in [3.05, 3.63) is 16.1 Å². The Kier molecular flexibility index (Phi) is 9.02. The van der Waals surface area contributed by atoms with Crippen LogP contribution in [0.15, 0.2) is 5.38 Å². The third kappa shape index (κ3) is 5.87. The van der Waals surface area contributed by atoms with Crippen molar-refractivity contribution in [1.82, 2.24) is 15.6 Å². The van der Waals surface area contributed by atoms with E-state index in [-0.39, 0.29) is 54.3 Å². The van der Waals surface area contributed by atoms with Gasteiger partial charge in [0.15, 0.2) is 0 Å². The quantitative estimate of drug-likeness (QED) is 0.841. The lowest BCUT2D eigenvalue weighted by Crippen LogP contribution is -2.55. The highest BCUT2D eigenvalue weighted by molar-refractivity contribution is 7.09. The Labute approximate surface area is 154 Å². The van der Waals surface area contributed by atoms with Crippen molar-refractivity contribution in [2.24, 2.45) is 0 Å². The van der Waals surface area contributed by atoms with E-state index in [0.717, 1.165) is 10.7 Å². The fourth-order valence-electron chi connectivity index (χ4n) is 2.22. The van der Waals surface area contributed by atoms with Gasteiger partial charge < -0.3 is 15.4 Å². The molecule has 1 amide bonds. The van der Waals surface area contributed by atoms with E-state index in [2.05, 4.69) is 41.8 Å². The minimum atomic E-state index is -0.289. The van der Waals surface area contributed by atoms with Gasteiger partial charge in [-0.2, -0.15) is 0 Å². The molecule has 5 nitrogen and oxygen atoms in total. The summed E-state index contributed by atoms with van der Waals surface area (Å²) in [6, 6.07) is -0.377. The minimum Gasteiger partial charge on any atom is -0.375 e. The number of rotatable bonds is 3. The van der Waals surface area contributed by atoms with E-state index >= 15 is 0 Å². The van der Waals surface area contributed by atoms with Crippen LogP contribution in [-0.2, 0) is 14.9 Å². The van der Waals surface area contributed by atoms with Crippen LogP contribution in [0.1, 0.15) is 51.4 Å². The molecule has 2 rings (SSSR count). The zero-order valence-corrected chi connectivity index (χ0v) is 16.7. The maximum absolute atomic E-state index is 12.3. The number of morpholine rings is 1. The van der Waals surface area contributed by atoms with E-state index in [1.54, 1.807) is 11.3 Å². The molecule has 1 fully saturated rings. The summed E-state index contributed by atoms with van der Waals surface area (Å²) in [5.74, 6) is -0.0257. The zero-order chi connectivity index (χ0) is 15.6. The molecular formula is C15H27Cl2N3O2S. The summed E-state index contributed by atoms with van der Waals surface area (Å²) in [7, 11) is 0. The number of carbonyl (C=O) groups excluding carboxylic acids is 1. The summed E-state index contributed by atoms with van der Waals surface area (Å²) in [4.78, 5) is 17.0. The molecule has 23 heavy (non-hydrogen) atoms. The van der Waals surface area contributed by atoms with Gasteiger partial charge in [-0.15, -0.1) is 36.2 Å². The first-order valence-electron chi connectivity index (χ1n) is 7.40. The fraction of sp³-hybridized carbons (Fsp3) is 0.733. The maximum Gasteiger partial charge on any atom is 0.240 e. The summed E-state index contributed by atoms with van der Waals surface area (Å²) < 4.78 is 5.51. The van der Waals surface area contributed by atoms with Crippen LogP contribution < -0.4 is 10.6 Å². The summed E-state index contributed by atoms with van der Waals surface area (Å²) in [6.45, 7) is 11.7. The van der Waals surface area contributed by atoms with E-state index < -0.39 is 0 Å². The average molecular weight is 384 g/mol. The van der Waals surface area contributed by atoms with E-state index in [1.165, 1.54) is 0 Å². The van der Waals surface area contributed by atoms with Gasteiger partial charge in [-0.1, -0.05) is 20.8 Å². The Bertz CT molecular complexity index is 505. The van der Waals surface area contributed by atoms with Crippen LogP contribution in [0.3, 0.4) is 0 Å². The molecule has 2 heterocycles. The van der Waals surface area contributed by atoms with E-state index in [9.17, 15) is 4.79 Å². The summed E-state index contributed by atoms with van der Waals surface area (Å²) in [5.41, 5.74) is 1.10. The monoisotopic (exact) mass is 383 g/mol. The highest BCUT2D eigenvalue weighted by atomic mass is 35.5. The number of carbonyl (C=O) groups is 1. The van der Waals surface area contributed by atoms with Gasteiger partial charge in [-0.05, 0) is 13.8 Å². The number of amides is 1. The fourth-order valence-corrected chi connectivity index (χ4v) is 3.28. The molecule has 8 heteroatoms. The van der Waals surface area contributed by atoms with Crippen molar-refractivity contribution in [3.63, 3.8) is 0 Å². The summed E-state index contributed by atoms with van der Waals surface area (Å²) >= 11 is 1.60. The Morgan fingerprint density at radius 2 is 2.13 bits per heavy atom. The third-order valence-corrected chi connectivity index (χ3v) is 4.65. The standard InChI is InChI=1S/C15H25N3O2S.2ClH/c1-9(14-18-11(8-21-14)15(3,4)5)17-13(19)12-10(2)20-7-6-16-12;;/h8-10,12,16H,6-7H2,1-5H3,(H,17,19);2*1H/t9?,10-,12+;;/m1../s1. The molecule has 1 aromatic rings. The molecule has 0 spiro atoms. The average Bonchev–Trinajstić information content (AvgIpc) is 2.88. The number of thiazole rings is 1. The molecule has 0 aromatic carbocycles. The van der Waals surface area contributed by atoms with Crippen LogP contribution in [-0.4, -0.2) is 36.2 Å². The lowest BCUT2D eigenvalue weighted by molar-refractivity contribution is -0.129. The number of aromatic nitrogens is 1. The van der Waals surface area contributed by atoms with Crippen LogP contribution in [0.4, 0.5) is 0 Å². The van der Waals surface area contributed by atoms with Crippen molar-refractivity contribution in [2.45, 2.75) is 58.2 Å². The largest absolute Gasteiger partial charge is 0.375 e. The Morgan fingerprint density at radius 1 is 1.48 bits per heavy atom. The third-order valence-electron chi connectivity index (χ3n) is 3.62. The maximum atomic E-state index is 12.3. The molecule has 0 bridgehead atoms. The molecule has 0 aliphatic carbocycles. The number of nitrogens with one attached hydrogen (secondary N) is 2. The first-order valence-corrected chi connectivity index (χ1v) is 8.28. The number of halogens is 2. The predicted molar refractivity (Wildman–Crippen MR) is 99.1 cm³/mol. The molecule has 1 saturated heterocycles. The normalized spacial score (nSPS) is 22.5. The molecule has 2 N–H and O–H groups in total. The summed E-state index contributed by atoms with van der Waals surface area (Å²) in [6.07, 6.45) is -0.104. The van der Waals surface area contributed by atoms with Gasteiger partial charge in [-0.25, -0.2) is 4.98 Å². The molecular weight excluding hydrogens is 357 g/mol. The van der Waals surface area contributed by atoms with Gasteiger partial charge in [0.1, 0.15) is 11.0 Å². The van der Waals surface area contributed by atoms with Gasteiger partial charge >= 0.3 is 0 Å². The minimum absolute atomic E-state index is 0.